The van der Waals surface area contributed by atoms with E-state index in [1.807, 2.05) is 20.0 Å². The van der Waals surface area contributed by atoms with Gasteiger partial charge in [0.1, 0.15) is 5.82 Å². The van der Waals surface area contributed by atoms with Crippen LogP contribution in [0.2, 0.25) is 0 Å². The van der Waals surface area contributed by atoms with Crippen molar-refractivity contribution < 1.29 is 12.8 Å². The molecule has 2 N–H and O–H groups in total. The van der Waals surface area contributed by atoms with Crippen molar-refractivity contribution in [3.05, 3.63) is 51.2 Å². The summed E-state index contributed by atoms with van der Waals surface area (Å²) in [6.07, 6.45) is 2.97. The molecule has 0 saturated heterocycles. The van der Waals surface area contributed by atoms with E-state index in [1.54, 1.807) is 11.3 Å². The third-order valence-electron chi connectivity index (χ3n) is 3.44. The van der Waals surface area contributed by atoms with Crippen molar-refractivity contribution in [2.24, 2.45) is 4.99 Å². The van der Waals surface area contributed by atoms with Crippen LogP contribution < -0.4 is 10.6 Å². The Morgan fingerprint density at radius 3 is 2.63 bits per heavy atom. The normalized spacial score (nSPS) is 11.8. The molecule has 2 rings (SSSR count). The Kier molecular flexibility index (Phi) is 9.60. The van der Waals surface area contributed by atoms with E-state index in [0.29, 0.717) is 30.2 Å². The standard InChI is InChI=1S/C17H23FN4O2S2.HI/c1-4-19-17(22-10-16-9-20-12(2)25-16)21-8-14-7-15(18)6-5-13(14)11-26(3,23)24;/h5-7,9H,4,8,10-11H2,1-3H3,(H2,19,21,22);1H. The highest BCUT2D eigenvalue weighted by Gasteiger charge is 2.11. The molecule has 1 heterocycles. The van der Waals surface area contributed by atoms with E-state index in [0.717, 1.165) is 16.1 Å². The molecular weight excluding hydrogens is 502 g/mol. The number of hydrogen-bond donors (Lipinski definition) is 2. The van der Waals surface area contributed by atoms with Gasteiger partial charge in [-0.15, -0.1) is 35.3 Å². The summed E-state index contributed by atoms with van der Waals surface area (Å²) in [5.41, 5.74) is 1.12. The highest BCUT2D eigenvalue weighted by molar-refractivity contribution is 14.0. The van der Waals surface area contributed by atoms with Crippen LogP contribution in [0, 0.1) is 12.7 Å². The highest BCUT2D eigenvalue weighted by atomic mass is 127. The lowest BCUT2D eigenvalue weighted by atomic mass is 10.1. The fourth-order valence-electron chi connectivity index (χ4n) is 2.33. The third kappa shape index (κ3) is 8.52. The molecular formula is C17H24FIN4O2S2. The van der Waals surface area contributed by atoms with Crippen molar-refractivity contribution in [1.29, 1.82) is 0 Å². The Hall–Kier alpha value is -1.27. The van der Waals surface area contributed by atoms with Crippen LogP contribution in [-0.2, 0) is 28.7 Å². The van der Waals surface area contributed by atoms with Crippen molar-refractivity contribution >= 4 is 51.1 Å². The van der Waals surface area contributed by atoms with Gasteiger partial charge in [-0.25, -0.2) is 22.8 Å². The number of nitrogens with zero attached hydrogens (tertiary/aromatic N) is 2. The number of halogens is 2. The molecule has 1 aromatic carbocycles. The first kappa shape index (κ1) is 23.8. The van der Waals surface area contributed by atoms with E-state index in [9.17, 15) is 12.8 Å². The third-order valence-corrected chi connectivity index (χ3v) is 5.19. The number of benzene rings is 1. The molecule has 0 radical (unpaired) electrons. The fraction of sp³-hybridized carbons (Fsp3) is 0.412. The number of aryl methyl sites for hydroxylation is 1. The zero-order valence-corrected chi connectivity index (χ0v) is 19.4. The Balaban J connectivity index is 0.00000364. The van der Waals surface area contributed by atoms with E-state index in [2.05, 4.69) is 20.6 Å². The average molecular weight is 526 g/mol. The van der Waals surface area contributed by atoms with Gasteiger partial charge in [0, 0.05) is 23.9 Å². The second-order valence-electron chi connectivity index (χ2n) is 5.88. The van der Waals surface area contributed by atoms with Gasteiger partial charge in [0.05, 0.1) is 23.8 Å². The summed E-state index contributed by atoms with van der Waals surface area (Å²) in [4.78, 5) is 9.74. The zero-order chi connectivity index (χ0) is 19.2. The summed E-state index contributed by atoms with van der Waals surface area (Å²) in [6, 6.07) is 4.10. The quantitative estimate of drug-likeness (QED) is 0.330. The molecule has 10 heteroatoms. The maximum absolute atomic E-state index is 13.6. The van der Waals surface area contributed by atoms with Crippen LogP contribution in [0.1, 0.15) is 27.9 Å². The number of nitrogens with one attached hydrogen (secondary N) is 2. The van der Waals surface area contributed by atoms with Crippen LogP contribution in [0.25, 0.3) is 0 Å². The first-order valence-corrected chi connectivity index (χ1v) is 11.0. The summed E-state index contributed by atoms with van der Waals surface area (Å²) in [5.74, 6) is 0.0288. The smallest absolute Gasteiger partial charge is 0.191 e. The first-order chi connectivity index (χ1) is 12.3. The van der Waals surface area contributed by atoms with Crippen LogP contribution in [0.4, 0.5) is 4.39 Å². The van der Waals surface area contributed by atoms with Gasteiger partial charge >= 0.3 is 0 Å². The number of sulfone groups is 1. The molecule has 0 spiro atoms. The average Bonchev–Trinajstić information content (AvgIpc) is 2.96. The van der Waals surface area contributed by atoms with E-state index in [-0.39, 0.29) is 36.3 Å². The molecule has 6 nitrogen and oxygen atoms in total. The summed E-state index contributed by atoms with van der Waals surface area (Å²) in [6.45, 7) is 5.33. The minimum absolute atomic E-state index is 0. The number of aromatic nitrogens is 1. The van der Waals surface area contributed by atoms with Crippen LogP contribution in [0.5, 0.6) is 0 Å². The monoisotopic (exact) mass is 526 g/mol. The fourth-order valence-corrected chi connectivity index (χ4v) is 3.91. The lowest BCUT2D eigenvalue weighted by Crippen LogP contribution is -2.36. The molecule has 0 unspecified atom stereocenters. The minimum Gasteiger partial charge on any atom is -0.357 e. The first-order valence-electron chi connectivity index (χ1n) is 8.15. The number of guanidine groups is 1. The number of hydrogen-bond acceptors (Lipinski definition) is 5. The molecule has 0 aliphatic heterocycles. The van der Waals surface area contributed by atoms with Gasteiger partial charge in [0.25, 0.3) is 0 Å². The van der Waals surface area contributed by atoms with Gasteiger partial charge in [-0.3, -0.25) is 0 Å². The lowest BCUT2D eigenvalue weighted by Gasteiger charge is -2.12. The van der Waals surface area contributed by atoms with E-state index < -0.39 is 15.7 Å². The Morgan fingerprint density at radius 1 is 1.30 bits per heavy atom. The second-order valence-corrected chi connectivity index (χ2v) is 9.34. The molecule has 27 heavy (non-hydrogen) atoms. The molecule has 0 aliphatic rings. The topological polar surface area (TPSA) is 83.5 Å². The Morgan fingerprint density at radius 2 is 2.04 bits per heavy atom. The van der Waals surface area contributed by atoms with Crippen molar-refractivity contribution in [2.45, 2.75) is 32.7 Å². The molecule has 0 amide bonds. The van der Waals surface area contributed by atoms with Gasteiger partial charge in [-0.05, 0) is 37.1 Å². The predicted octanol–water partition coefficient (Wildman–Crippen LogP) is 3.01. The molecule has 150 valence electrons. The zero-order valence-electron chi connectivity index (χ0n) is 15.5. The van der Waals surface area contributed by atoms with Crippen molar-refractivity contribution in [3.8, 4) is 0 Å². The maximum Gasteiger partial charge on any atom is 0.191 e. The molecule has 0 fully saturated rings. The summed E-state index contributed by atoms with van der Waals surface area (Å²) in [7, 11) is -3.21. The molecule has 0 atom stereocenters. The lowest BCUT2D eigenvalue weighted by molar-refractivity contribution is 0.600. The van der Waals surface area contributed by atoms with Gasteiger partial charge in [0.2, 0.25) is 0 Å². The molecule has 0 bridgehead atoms. The molecule has 0 saturated carbocycles. The van der Waals surface area contributed by atoms with Crippen molar-refractivity contribution in [1.82, 2.24) is 15.6 Å². The summed E-state index contributed by atoms with van der Waals surface area (Å²) >= 11 is 1.60. The molecule has 1 aromatic heterocycles. The number of rotatable bonds is 7. The molecule has 2 aromatic rings. The van der Waals surface area contributed by atoms with Gasteiger partial charge < -0.3 is 10.6 Å². The second kappa shape index (κ2) is 10.9. The van der Waals surface area contributed by atoms with Crippen LogP contribution in [-0.4, -0.2) is 32.2 Å². The SMILES string of the molecule is CCNC(=NCc1cc(F)ccc1CS(C)(=O)=O)NCc1cnc(C)s1.I. The van der Waals surface area contributed by atoms with E-state index >= 15 is 0 Å². The van der Waals surface area contributed by atoms with Crippen molar-refractivity contribution in [2.75, 3.05) is 12.8 Å². The summed E-state index contributed by atoms with van der Waals surface area (Å²) in [5, 5.41) is 7.32. The maximum atomic E-state index is 13.6. The number of thiazole rings is 1. The van der Waals surface area contributed by atoms with Gasteiger partial charge in [0.15, 0.2) is 15.8 Å². The van der Waals surface area contributed by atoms with Gasteiger partial charge in [-0.1, -0.05) is 6.07 Å². The Bertz CT molecular complexity index is 885. The van der Waals surface area contributed by atoms with Gasteiger partial charge in [-0.2, -0.15) is 0 Å². The molecule has 0 aliphatic carbocycles. The largest absolute Gasteiger partial charge is 0.357 e. The Labute approximate surface area is 180 Å². The predicted molar refractivity (Wildman–Crippen MR) is 119 cm³/mol. The van der Waals surface area contributed by atoms with Crippen molar-refractivity contribution in [3.63, 3.8) is 0 Å². The van der Waals surface area contributed by atoms with Crippen LogP contribution in [0.15, 0.2) is 29.4 Å². The number of aliphatic imine (C=N–C) groups is 1. The van der Waals surface area contributed by atoms with Crippen LogP contribution in [0.3, 0.4) is 0 Å². The van der Waals surface area contributed by atoms with E-state index in [4.69, 9.17) is 0 Å². The summed E-state index contributed by atoms with van der Waals surface area (Å²) < 4.78 is 36.8. The van der Waals surface area contributed by atoms with E-state index in [1.165, 1.54) is 18.2 Å². The van der Waals surface area contributed by atoms with Crippen LogP contribution >= 0.6 is 35.3 Å². The minimum atomic E-state index is -3.21. The highest BCUT2D eigenvalue weighted by Crippen LogP contribution is 2.16.